The van der Waals surface area contributed by atoms with E-state index in [1.165, 1.54) is 18.5 Å². The van der Waals surface area contributed by atoms with Crippen molar-refractivity contribution >= 4 is 17.7 Å². The standard InChI is InChI=1S/C13H19N3OS/c1-10-9-11(13(18-2)3-4-13)15-12(14-10)16-5-7-17-8-6-16/h9H,3-8H2,1-2H3. The number of morpholine rings is 1. The first-order chi connectivity index (χ1) is 8.73. The van der Waals surface area contributed by atoms with Crippen molar-refractivity contribution in [3.63, 3.8) is 0 Å². The highest BCUT2D eigenvalue weighted by atomic mass is 32.2. The van der Waals surface area contributed by atoms with Gasteiger partial charge in [0.05, 0.1) is 23.7 Å². The summed E-state index contributed by atoms with van der Waals surface area (Å²) in [5.74, 6) is 0.883. The molecular formula is C13H19N3OS. The number of aromatic nitrogens is 2. The number of anilines is 1. The maximum Gasteiger partial charge on any atom is 0.225 e. The number of rotatable bonds is 3. The Bertz CT molecular complexity index is 442. The lowest BCUT2D eigenvalue weighted by Crippen LogP contribution is -2.37. The SMILES string of the molecule is CSC1(c2cc(C)nc(N3CCOCC3)n2)CC1. The van der Waals surface area contributed by atoms with Crippen LogP contribution in [-0.2, 0) is 9.48 Å². The van der Waals surface area contributed by atoms with E-state index in [9.17, 15) is 0 Å². The molecule has 3 rings (SSSR count). The Morgan fingerprint density at radius 2 is 2.00 bits per heavy atom. The number of ether oxygens (including phenoxy) is 1. The van der Waals surface area contributed by atoms with Crippen LogP contribution in [0.4, 0.5) is 5.95 Å². The molecule has 0 atom stereocenters. The van der Waals surface area contributed by atoms with Crippen LogP contribution < -0.4 is 4.90 Å². The summed E-state index contributed by atoms with van der Waals surface area (Å²) in [5.41, 5.74) is 2.28. The van der Waals surface area contributed by atoms with Gasteiger partial charge < -0.3 is 9.64 Å². The summed E-state index contributed by atoms with van der Waals surface area (Å²) in [7, 11) is 0. The Morgan fingerprint density at radius 1 is 1.28 bits per heavy atom. The van der Waals surface area contributed by atoms with E-state index in [-0.39, 0.29) is 4.75 Å². The second-order valence-electron chi connectivity index (χ2n) is 4.99. The molecule has 1 saturated heterocycles. The molecular weight excluding hydrogens is 246 g/mol. The molecule has 0 bridgehead atoms. The Morgan fingerprint density at radius 3 is 2.61 bits per heavy atom. The van der Waals surface area contributed by atoms with Crippen molar-refractivity contribution in [2.75, 3.05) is 37.5 Å². The van der Waals surface area contributed by atoms with Gasteiger partial charge in [-0.25, -0.2) is 9.97 Å². The van der Waals surface area contributed by atoms with E-state index in [2.05, 4.69) is 29.1 Å². The summed E-state index contributed by atoms with van der Waals surface area (Å²) >= 11 is 1.92. The van der Waals surface area contributed by atoms with Gasteiger partial charge in [-0.3, -0.25) is 0 Å². The zero-order valence-corrected chi connectivity index (χ0v) is 11.8. The third-order valence-corrected chi connectivity index (χ3v) is 5.10. The van der Waals surface area contributed by atoms with Crippen molar-refractivity contribution < 1.29 is 4.74 Å². The smallest absolute Gasteiger partial charge is 0.225 e. The molecule has 0 N–H and O–H groups in total. The fraction of sp³-hybridized carbons (Fsp3) is 0.692. The molecule has 2 fully saturated rings. The Hall–Kier alpha value is -0.810. The van der Waals surface area contributed by atoms with Gasteiger partial charge in [0, 0.05) is 18.8 Å². The fourth-order valence-corrected chi connectivity index (χ4v) is 3.19. The zero-order valence-electron chi connectivity index (χ0n) is 11.0. The topological polar surface area (TPSA) is 38.2 Å². The van der Waals surface area contributed by atoms with Gasteiger partial charge >= 0.3 is 0 Å². The lowest BCUT2D eigenvalue weighted by molar-refractivity contribution is 0.122. The molecule has 0 unspecified atom stereocenters. The van der Waals surface area contributed by atoms with Crippen LogP contribution in [-0.4, -0.2) is 42.5 Å². The first-order valence-electron chi connectivity index (χ1n) is 6.47. The first-order valence-corrected chi connectivity index (χ1v) is 7.70. The molecule has 4 nitrogen and oxygen atoms in total. The summed E-state index contributed by atoms with van der Waals surface area (Å²) < 4.78 is 5.65. The van der Waals surface area contributed by atoms with Crippen molar-refractivity contribution in [2.24, 2.45) is 0 Å². The number of nitrogens with zero attached hydrogens (tertiary/aromatic N) is 3. The minimum absolute atomic E-state index is 0.273. The first kappa shape index (κ1) is 12.2. The molecule has 1 aliphatic heterocycles. The molecule has 0 amide bonds. The Kier molecular flexibility index (Phi) is 3.20. The molecule has 1 aromatic heterocycles. The highest BCUT2D eigenvalue weighted by molar-refractivity contribution is 7.99. The monoisotopic (exact) mass is 265 g/mol. The van der Waals surface area contributed by atoms with Crippen LogP contribution in [0.15, 0.2) is 6.07 Å². The molecule has 1 aliphatic carbocycles. The van der Waals surface area contributed by atoms with Crippen LogP contribution in [0.5, 0.6) is 0 Å². The molecule has 18 heavy (non-hydrogen) atoms. The lowest BCUT2D eigenvalue weighted by Gasteiger charge is -2.27. The van der Waals surface area contributed by atoms with Gasteiger partial charge in [0.2, 0.25) is 5.95 Å². The molecule has 2 heterocycles. The van der Waals surface area contributed by atoms with E-state index in [0.717, 1.165) is 37.9 Å². The maximum absolute atomic E-state index is 5.38. The van der Waals surface area contributed by atoms with Gasteiger partial charge in [0.25, 0.3) is 0 Å². The van der Waals surface area contributed by atoms with Crippen molar-refractivity contribution in [3.8, 4) is 0 Å². The molecule has 0 radical (unpaired) electrons. The fourth-order valence-electron chi connectivity index (χ4n) is 2.37. The van der Waals surface area contributed by atoms with E-state index in [1.54, 1.807) is 0 Å². The molecule has 5 heteroatoms. The minimum Gasteiger partial charge on any atom is -0.378 e. The molecule has 1 aromatic rings. The predicted molar refractivity (Wildman–Crippen MR) is 74.2 cm³/mol. The Labute approximate surface area is 112 Å². The van der Waals surface area contributed by atoms with E-state index in [0.29, 0.717) is 0 Å². The summed E-state index contributed by atoms with van der Waals surface area (Å²) in [6.45, 7) is 5.41. The lowest BCUT2D eigenvalue weighted by atomic mass is 10.2. The van der Waals surface area contributed by atoms with Crippen LogP contribution in [0.1, 0.15) is 24.2 Å². The number of hydrogen-bond donors (Lipinski definition) is 0. The van der Waals surface area contributed by atoms with Gasteiger partial charge in [-0.05, 0) is 32.1 Å². The normalized spacial score (nSPS) is 22.0. The average molecular weight is 265 g/mol. The highest BCUT2D eigenvalue weighted by Gasteiger charge is 2.45. The second kappa shape index (κ2) is 4.70. The van der Waals surface area contributed by atoms with E-state index >= 15 is 0 Å². The highest BCUT2D eigenvalue weighted by Crippen LogP contribution is 2.55. The average Bonchev–Trinajstić information content (AvgIpc) is 3.20. The van der Waals surface area contributed by atoms with Crippen molar-refractivity contribution in [1.82, 2.24) is 9.97 Å². The second-order valence-corrected chi connectivity index (χ2v) is 6.18. The third-order valence-electron chi connectivity index (χ3n) is 3.70. The third kappa shape index (κ3) is 2.21. The summed E-state index contributed by atoms with van der Waals surface area (Å²) in [4.78, 5) is 11.6. The molecule has 0 aromatic carbocycles. The number of hydrogen-bond acceptors (Lipinski definition) is 5. The van der Waals surface area contributed by atoms with Crippen LogP contribution in [0.3, 0.4) is 0 Å². The molecule has 2 aliphatic rings. The molecule has 98 valence electrons. The quantitative estimate of drug-likeness (QED) is 0.835. The van der Waals surface area contributed by atoms with Crippen molar-refractivity contribution in [1.29, 1.82) is 0 Å². The summed E-state index contributed by atoms with van der Waals surface area (Å²) in [6, 6.07) is 2.15. The van der Waals surface area contributed by atoms with Gasteiger partial charge in [-0.2, -0.15) is 11.8 Å². The largest absolute Gasteiger partial charge is 0.378 e. The Balaban J connectivity index is 1.90. The van der Waals surface area contributed by atoms with Crippen molar-refractivity contribution in [3.05, 3.63) is 17.5 Å². The summed E-state index contributed by atoms with van der Waals surface area (Å²) in [6.07, 6.45) is 4.67. The summed E-state index contributed by atoms with van der Waals surface area (Å²) in [5, 5.41) is 0. The maximum atomic E-state index is 5.38. The number of aryl methyl sites for hydroxylation is 1. The predicted octanol–water partition coefficient (Wildman–Crippen LogP) is 1.97. The van der Waals surface area contributed by atoms with Crippen LogP contribution in [0.2, 0.25) is 0 Å². The number of thioether (sulfide) groups is 1. The van der Waals surface area contributed by atoms with E-state index in [1.807, 2.05) is 11.8 Å². The van der Waals surface area contributed by atoms with Gasteiger partial charge in [0.15, 0.2) is 0 Å². The van der Waals surface area contributed by atoms with Crippen LogP contribution in [0.25, 0.3) is 0 Å². The molecule has 1 saturated carbocycles. The van der Waals surface area contributed by atoms with E-state index in [4.69, 9.17) is 9.72 Å². The van der Waals surface area contributed by atoms with E-state index < -0.39 is 0 Å². The molecule has 0 spiro atoms. The van der Waals surface area contributed by atoms with Crippen LogP contribution >= 0.6 is 11.8 Å². The van der Waals surface area contributed by atoms with Gasteiger partial charge in [0.1, 0.15) is 0 Å². The van der Waals surface area contributed by atoms with Crippen LogP contribution in [0, 0.1) is 6.92 Å². The van der Waals surface area contributed by atoms with Gasteiger partial charge in [-0.15, -0.1) is 0 Å². The van der Waals surface area contributed by atoms with Crippen molar-refractivity contribution in [2.45, 2.75) is 24.5 Å². The zero-order chi connectivity index (χ0) is 12.6. The van der Waals surface area contributed by atoms with Gasteiger partial charge in [-0.1, -0.05) is 0 Å². The minimum atomic E-state index is 0.273.